The standard InChI is InChI=1S/C27H26N4O4S/c1-5-30(6-2)25(33)20-15(3)28-27-31(22(20)17-12-8-10-14-19(17)35-4)26(34)23(36-27)21-16-11-7-9-13-18(16)29-24(21)32/h7-14,22H,5-6H2,1-4H3,(H,29,32)/b23-21-. The van der Waals surface area contributed by atoms with Gasteiger partial charge in [0.15, 0.2) is 4.80 Å². The molecule has 36 heavy (non-hydrogen) atoms. The van der Waals surface area contributed by atoms with Gasteiger partial charge in [-0.1, -0.05) is 47.7 Å². The van der Waals surface area contributed by atoms with Crippen molar-refractivity contribution in [3.05, 3.63) is 90.6 Å². The molecule has 8 nitrogen and oxygen atoms in total. The van der Waals surface area contributed by atoms with E-state index in [-0.39, 0.29) is 17.4 Å². The first-order chi connectivity index (χ1) is 17.4. The predicted molar refractivity (Wildman–Crippen MR) is 139 cm³/mol. The molecule has 0 saturated carbocycles. The summed E-state index contributed by atoms with van der Waals surface area (Å²) in [6.45, 7) is 6.68. The molecule has 0 spiro atoms. The monoisotopic (exact) mass is 502 g/mol. The summed E-state index contributed by atoms with van der Waals surface area (Å²) in [5, 5.41) is 2.84. The number of para-hydroxylation sites is 2. The van der Waals surface area contributed by atoms with Gasteiger partial charge in [-0.25, -0.2) is 4.99 Å². The van der Waals surface area contributed by atoms with Gasteiger partial charge in [0.1, 0.15) is 16.3 Å². The molecule has 184 valence electrons. The van der Waals surface area contributed by atoms with Crippen molar-refractivity contribution < 1.29 is 14.3 Å². The van der Waals surface area contributed by atoms with Crippen LogP contribution in [0.2, 0.25) is 0 Å². The van der Waals surface area contributed by atoms with Crippen LogP contribution in [0, 0.1) is 0 Å². The van der Waals surface area contributed by atoms with Crippen LogP contribution in [-0.4, -0.2) is 41.5 Å². The zero-order valence-electron chi connectivity index (χ0n) is 20.5. The van der Waals surface area contributed by atoms with Crippen molar-refractivity contribution in [2.45, 2.75) is 26.8 Å². The zero-order chi connectivity index (χ0) is 25.6. The first-order valence-electron chi connectivity index (χ1n) is 11.8. The summed E-state index contributed by atoms with van der Waals surface area (Å²) in [6.07, 6.45) is 0. The molecule has 2 aromatic carbocycles. The molecule has 2 aliphatic rings. The summed E-state index contributed by atoms with van der Waals surface area (Å²) in [4.78, 5) is 47.6. The number of thiazole rings is 1. The van der Waals surface area contributed by atoms with E-state index in [1.165, 1.54) is 4.57 Å². The number of nitrogens with one attached hydrogen (secondary N) is 1. The maximum atomic E-state index is 14.0. The number of carbonyl (C=O) groups is 2. The molecule has 0 fully saturated rings. The SMILES string of the molecule is CCN(CC)C(=O)C1=C(C)N=c2s/c(=C3\C(=O)Nc4ccccc43)c(=O)n2C1c1ccccc1OC. The van der Waals surface area contributed by atoms with Crippen LogP contribution in [0.5, 0.6) is 5.75 Å². The third kappa shape index (κ3) is 3.58. The number of methoxy groups -OCH3 is 1. The fraction of sp³-hybridized carbons (Fsp3) is 0.259. The fourth-order valence-corrected chi connectivity index (χ4v) is 6.00. The van der Waals surface area contributed by atoms with Crippen molar-refractivity contribution in [2.24, 2.45) is 4.99 Å². The van der Waals surface area contributed by atoms with E-state index >= 15 is 0 Å². The lowest BCUT2D eigenvalue weighted by atomic mass is 9.94. The molecule has 2 aliphatic heterocycles. The average molecular weight is 503 g/mol. The van der Waals surface area contributed by atoms with E-state index in [0.717, 1.165) is 11.3 Å². The van der Waals surface area contributed by atoms with Crippen LogP contribution in [0.1, 0.15) is 37.9 Å². The smallest absolute Gasteiger partial charge is 0.271 e. The van der Waals surface area contributed by atoms with Crippen molar-refractivity contribution in [3.8, 4) is 5.75 Å². The minimum Gasteiger partial charge on any atom is -0.496 e. The molecule has 0 saturated heterocycles. The maximum Gasteiger partial charge on any atom is 0.271 e. The summed E-state index contributed by atoms with van der Waals surface area (Å²) in [7, 11) is 1.56. The largest absolute Gasteiger partial charge is 0.496 e. The van der Waals surface area contributed by atoms with E-state index in [4.69, 9.17) is 9.73 Å². The molecule has 1 atom stereocenters. The number of hydrogen-bond acceptors (Lipinski definition) is 6. The summed E-state index contributed by atoms with van der Waals surface area (Å²) in [5.74, 6) is 0.0498. The van der Waals surface area contributed by atoms with Gasteiger partial charge in [0.2, 0.25) is 0 Å². The number of fused-ring (bicyclic) bond motifs is 2. The third-order valence-corrected chi connectivity index (χ3v) is 7.66. The van der Waals surface area contributed by atoms with E-state index in [1.54, 1.807) is 25.0 Å². The number of carbonyl (C=O) groups excluding carboxylic acids is 2. The molecular weight excluding hydrogens is 476 g/mol. The maximum absolute atomic E-state index is 14.0. The highest BCUT2D eigenvalue weighted by atomic mass is 32.1. The molecular formula is C27H26N4O4S. The first-order valence-corrected chi connectivity index (χ1v) is 12.6. The summed E-state index contributed by atoms with van der Waals surface area (Å²) >= 11 is 1.16. The summed E-state index contributed by atoms with van der Waals surface area (Å²) in [5.41, 5.74) is 2.94. The van der Waals surface area contributed by atoms with Crippen LogP contribution in [-0.2, 0) is 9.59 Å². The molecule has 1 N–H and O–H groups in total. The number of hydrogen-bond donors (Lipinski definition) is 1. The predicted octanol–water partition coefficient (Wildman–Crippen LogP) is 2.43. The fourth-order valence-electron chi connectivity index (χ4n) is 4.86. The van der Waals surface area contributed by atoms with Gasteiger partial charge in [0.25, 0.3) is 17.4 Å². The van der Waals surface area contributed by atoms with Crippen LogP contribution < -0.4 is 24.9 Å². The average Bonchev–Trinajstić information content (AvgIpc) is 3.38. The lowest BCUT2D eigenvalue weighted by Crippen LogP contribution is -2.43. The Morgan fingerprint density at radius 2 is 1.81 bits per heavy atom. The molecule has 0 aliphatic carbocycles. The number of amides is 2. The van der Waals surface area contributed by atoms with Crippen LogP contribution >= 0.6 is 11.3 Å². The highest BCUT2D eigenvalue weighted by Gasteiger charge is 2.36. The number of anilines is 1. The lowest BCUT2D eigenvalue weighted by Gasteiger charge is -2.29. The van der Waals surface area contributed by atoms with E-state index in [2.05, 4.69) is 5.32 Å². The number of likely N-dealkylation sites (N-methyl/N-ethyl adjacent to an activating group) is 1. The summed E-state index contributed by atoms with van der Waals surface area (Å²) < 4.78 is 7.46. The molecule has 0 radical (unpaired) electrons. The molecule has 5 rings (SSSR count). The molecule has 9 heteroatoms. The second kappa shape index (κ2) is 9.23. The number of allylic oxidation sites excluding steroid dienone is 1. The molecule has 3 heterocycles. The van der Waals surface area contributed by atoms with Crippen molar-refractivity contribution in [1.82, 2.24) is 9.47 Å². The molecule has 2 amide bonds. The van der Waals surface area contributed by atoms with E-state index in [9.17, 15) is 14.4 Å². The third-order valence-electron chi connectivity index (χ3n) is 6.61. The Morgan fingerprint density at radius 1 is 1.11 bits per heavy atom. The van der Waals surface area contributed by atoms with Gasteiger partial charge < -0.3 is 15.0 Å². The van der Waals surface area contributed by atoms with Gasteiger partial charge >= 0.3 is 0 Å². The Balaban J connectivity index is 1.84. The number of aromatic nitrogens is 1. The molecule has 1 unspecified atom stereocenters. The first kappa shape index (κ1) is 23.7. The number of rotatable bonds is 5. The van der Waals surface area contributed by atoms with Crippen molar-refractivity contribution in [3.63, 3.8) is 0 Å². The lowest BCUT2D eigenvalue weighted by molar-refractivity contribution is -0.127. The molecule has 0 bridgehead atoms. The Morgan fingerprint density at radius 3 is 2.53 bits per heavy atom. The summed E-state index contributed by atoms with van der Waals surface area (Å²) in [6, 6.07) is 13.9. The van der Waals surface area contributed by atoms with E-state index in [0.29, 0.717) is 61.8 Å². The van der Waals surface area contributed by atoms with Gasteiger partial charge in [0.05, 0.1) is 24.0 Å². The van der Waals surface area contributed by atoms with E-state index in [1.807, 2.05) is 56.3 Å². The van der Waals surface area contributed by atoms with Crippen molar-refractivity contribution in [2.75, 3.05) is 25.5 Å². The zero-order valence-corrected chi connectivity index (χ0v) is 21.3. The highest BCUT2D eigenvalue weighted by molar-refractivity contribution is 7.07. The molecule has 3 aromatic rings. The van der Waals surface area contributed by atoms with Gasteiger partial charge in [-0.15, -0.1) is 0 Å². The van der Waals surface area contributed by atoms with Crippen molar-refractivity contribution >= 4 is 34.4 Å². The van der Waals surface area contributed by atoms with Crippen LogP contribution in [0.4, 0.5) is 5.69 Å². The Kier molecular flexibility index (Phi) is 6.09. The van der Waals surface area contributed by atoms with Gasteiger partial charge in [-0.2, -0.15) is 0 Å². The minimum atomic E-state index is -0.750. The highest BCUT2D eigenvalue weighted by Crippen LogP contribution is 2.36. The topological polar surface area (TPSA) is 93.0 Å². The van der Waals surface area contributed by atoms with Crippen LogP contribution in [0.15, 0.2) is 69.6 Å². The van der Waals surface area contributed by atoms with Crippen LogP contribution in [0.3, 0.4) is 0 Å². The van der Waals surface area contributed by atoms with E-state index < -0.39 is 6.04 Å². The number of ether oxygens (including phenoxy) is 1. The Bertz CT molecular complexity index is 1610. The van der Waals surface area contributed by atoms with Crippen LogP contribution in [0.25, 0.3) is 5.57 Å². The van der Waals surface area contributed by atoms with Gasteiger partial charge in [0, 0.05) is 29.9 Å². The number of nitrogens with zero attached hydrogens (tertiary/aromatic N) is 3. The van der Waals surface area contributed by atoms with Gasteiger partial charge in [-0.3, -0.25) is 19.0 Å². The molecule has 1 aromatic heterocycles. The minimum absolute atomic E-state index is 0.181. The number of benzene rings is 2. The van der Waals surface area contributed by atoms with Gasteiger partial charge in [-0.05, 0) is 32.9 Å². The quantitative estimate of drug-likeness (QED) is 0.580. The van der Waals surface area contributed by atoms with Crippen molar-refractivity contribution in [1.29, 1.82) is 0 Å². The Labute approximate surface area is 211 Å². The second-order valence-corrected chi connectivity index (χ2v) is 9.47. The second-order valence-electron chi connectivity index (χ2n) is 8.50. The normalized spacial score (nSPS) is 17.8. The Hall–Kier alpha value is -3.98.